The lowest BCUT2D eigenvalue weighted by Crippen LogP contribution is -2.10. The molecule has 98 valence electrons. The Morgan fingerprint density at radius 2 is 2.11 bits per heavy atom. The molecule has 2 aromatic rings. The summed E-state index contributed by atoms with van der Waals surface area (Å²) in [5.74, 6) is 0.975. The molecule has 0 saturated heterocycles. The minimum absolute atomic E-state index is 0.882. The molecule has 2 rings (SSSR count). The first-order chi connectivity index (χ1) is 8.69. The van der Waals surface area contributed by atoms with Gasteiger partial charge in [0.25, 0.3) is 0 Å². The van der Waals surface area contributed by atoms with Crippen molar-refractivity contribution in [3.63, 3.8) is 0 Å². The molecule has 0 radical (unpaired) electrons. The van der Waals surface area contributed by atoms with Gasteiger partial charge in [0.2, 0.25) is 5.95 Å². The molecule has 0 aromatic carbocycles. The van der Waals surface area contributed by atoms with E-state index in [0.717, 1.165) is 43.3 Å². The number of nitrogens with one attached hydrogen (secondary N) is 1. The van der Waals surface area contributed by atoms with Gasteiger partial charge in [-0.15, -0.1) is 11.3 Å². The molecule has 0 fully saturated rings. The predicted molar refractivity (Wildman–Crippen MR) is 76.3 cm³/mol. The molecule has 0 unspecified atom stereocenters. The number of thiazole rings is 1. The molecule has 1 N–H and O–H groups in total. The number of aryl methyl sites for hydroxylation is 3. The van der Waals surface area contributed by atoms with Crippen LogP contribution in [0.25, 0.3) is 0 Å². The van der Waals surface area contributed by atoms with E-state index in [1.165, 1.54) is 5.01 Å². The zero-order valence-electron chi connectivity index (χ0n) is 11.2. The Morgan fingerprint density at radius 1 is 1.28 bits per heavy atom. The van der Waals surface area contributed by atoms with Crippen molar-refractivity contribution in [1.82, 2.24) is 14.5 Å². The van der Waals surface area contributed by atoms with Gasteiger partial charge in [0.1, 0.15) is 0 Å². The summed E-state index contributed by atoms with van der Waals surface area (Å²) in [5, 5.41) is 6.68. The van der Waals surface area contributed by atoms with E-state index in [9.17, 15) is 0 Å². The second-order valence-corrected chi connectivity index (χ2v) is 5.40. The maximum Gasteiger partial charge on any atom is 0.203 e. The van der Waals surface area contributed by atoms with Crippen LogP contribution in [0.1, 0.15) is 29.7 Å². The molecule has 18 heavy (non-hydrogen) atoms. The lowest BCUT2D eigenvalue weighted by Gasteiger charge is -2.07. The number of imidazole rings is 1. The van der Waals surface area contributed by atoms with Gasteiger partial charge in [-0.1, -0.05) is 6.92 Å². The monoisotopic (exact) mass is 264 g/mol. The molecule has 2 heterocycles. The summed E-state index contributed by atoms with van der Waals surface area (Å²) in [4.78, 5) is 8.96. The average molecular weight is 264 g/mol. The Balaban J connectivity index is 1.89. The largest absolute Gasteiger partial charge is 0.355 e. The van der Waals surface area contributed by atoms with Crippen LogP contribution in [0.5, 0.6) is 0 Å². The number of hydrogen-bond donors (Lipinski definition) is 1. The molecule has 0 bridgehead atoms. The first-order valence-electron chi connectivity index (χ1n) is 6.37. The second kappa shape index (κ2) is 6.00. The highest BCUT2D eigenvalue weighted by molar-refractivity contribution is 7.09. The van der Waals surface area contributed by atoms with Crippen LogP contribution in [0, 0.1) is 13.8 Å². The summed E-state index contributed by atoms with van der Waals surface area (Å²) in [6.07, 6.45) is 4.17. The Labute approximate surface area is 112 Å². The number of anilines is 1. The van der Waals surface area contributed by atoms with E-state index < -0.39 is 0 Å². The van der Waals surface area contributed by atoms with Crippen LogP contribution >= 0.6 is 11.3 Å². The molecule has 0 saturated carbocycles. The normalized spacial score (nSPS) is 10.8. The van der Waals surface area contributed by atoms with Gasteiger partial charge >= 0.3 is 0 Å². The van der Waals surface area contributed by atoms with Gasteiger partial charge in [0.15, 0.2) is 0 Å². The third kappa shape index (κ3) is 3.32. The topological polar surface area (TPSA) is 42.7 Å². The average Bonchev–Trinajstić information content (AvgIpc) is 2.87. The van der Waals surface area contributed by atoms with Crippen LogP contribution < -0.4 is 5.32 Å². The molecule has 5 heteroatoms. The van der Waals surface area contributed by atoms with E-state index in [-0.39, 0.29) is 0 Å². The van der Waals surface area contributed by atoms with Gasteiger partial charge in [-0.05, 0) is 20.3 Å². The maximum atomic E-state index is 4.50. The lowest BCUT2D eigenvalue weighted by atomic mass is 10.4. The van der Waals surface area contributed by atoms with Crippen molar-refractivity contribution in [2.24, 2.45) is 0 Å². The van der Waals surface area contributed by atoms with Gasteiger partial charge in [-0.25, -0.2) is 9.97 Å². The summed E-state index contributed by atoms with van der Waals surface area (Å²) in [5.41, 5.74) is 2.18. The van der Waals surface area contributed by atoms with E-state index >= 15 is 0 Å². The van der Waals surface area contributed by atoms with Crippen LogP contribution in [0.15, 0.2) is 11.6 Å². The van der Waals surface area contributed by atoms with Crippen molar-refractivity contribution >= 4 is 17.3 Å². The minimum Gasteiger partial charge on any atom is -0.355 e. The molecular weight excluding hydrogens is 244 g/mol. The fourth-order valence-corrected chi connectivity index (χ4v) is 2.67. The molecule has 2 aromatic heterocycles. The van der Waals surface area contributed by atoms with Gasteiger partial charge in [-0.2, -0.15) is 0 Å². The van der Waals surface area contributed by atoms with Crippen LogP contribution in [-0.4, -0.2) is 21.1 Å². The van der Waals surface area contributed by atoms with Gasteiger partial charge in [0, 0.05) is 36.8 Å². The van der Waals surface area contributed by atoms with Crippen molar-refractivity contribution in [2.45, 2.75) is 40.2 Å². The lowest BCUT2D eigenvalue weighted by molar-refractivity contribution is 0.681. The molecule has 0 atom stereocenters. The quantitative estimate of drug-likeness (QED) is 0.872. The van der Waals surface area contributed by atoms with Crippen molar-refractivity contribution < 1.29 is 0 Å². The van der Waals surface area contributed by atoms with Gasteiger partial charge < -0.3 is 9.88 Å². The van der Waals surface area contributed by atoms with Crippen molar-refractivity contribution in [3.05, 3.63) is 28.0 Å². The zero-order valence-corrected chi connectivity index (χ0v) is 12.0. The Bertz CT molecular complexity index is 501. The Morgan fingerprint density at radius 3 is 2.78 bits per heavy atom. The number of hydrogen-bond acceptors (Lipinski definition) is 4. The highest BCUT2D eigenvalue weighted by Crippen LogP contribution is 2.11. The molecular formula is C13H20N4S. The van der Waals surface area contributed by atoms with Gasteiger partial charge in [-0.3, -0.25) is 0 Å². The SMILES string of the molecule is CCCn1cc(C)nc1NCCc1nc(C)cs1. The molecule has 0 aliphatic carbocycles. The van der Waals surface area contributed by atoms with Crippen molar-refractivity contribution in [2.75, 3.05) is 11.9 Å². The van der Waals surface area contributed by atoms with Crippen LogP contribution in [0.4, 0.5) is 5.95 Å². The summed E-state index contributed by atoms with van der Waals surface area (Å²) in [7, 11) is 0. The van der Waals surface area contributed by atoms with E-state index in [1.54, 1.807) is 11.3 Å². The molecule has 0 spiro atoms. The van der Waals surface area contributed by atoms with Crippen LogP contribution in [-0.2, 0) is 13.0 Å². The molecule has 0 aliphatic heterocycles. The smallest absolute Gasteiger partial charge is 0.203 e. The molecule has 0 aliphatic rings. The highest BCUT2D eigenvalue weighted by atomic mass is 32.1. The molecule has 4 nitrogen and oxygen atoms in total. The first kappa shape index (κ1) is 13.1. The molecule has 0 amide bonds. The van der Waals surface area contributed by atoms with Crippen LogP contribution in [0.2, 0.25) is 0 Å². The third-order valence-electron chi connectivity index (χ3n) is 2.65. The second-order valence-electron chi connectivity index (χ2n) is 4.46. The standard InChI is InChI=1S/C13H20N4S/c1-4-7-17-8-10(2)16-13(17)14-6-5-12-15-11(3)9-18-12/h8-9H,4-7H2,1-3H3,(H,14,16). The predicted octanol–water partition coefficient (Wildman–Crippen LogP) is 3.02. The number of nitrogens with zero attached hydrogens (tertiary/aromatic N) is 3. The Hall–Kier alpha value is -1.36. The van der Waals surface area contributed by atoms with Crippen molar-refractivity contribution in [1.29, 1.82) is 0 Å². The first-order valence-corrected chi connectivity index (χ1v) is 7.25. The van der Waals surface area contributed by atoms with E-state index in [4.69, 9.17) is 0 Å². The van der Waals surface area contributed by atoms with Crippen LogP contribution in [0.3, 0.4) is 0 Å². The van der Waals surface area contributed by atoms with Gasteiger partial charge in [0.05, 0.1) is 10.7 Å². The zero-order chi connectivity index (χ0) is 13.0. The summed E-state index contributed by atoms with van der Waals surface area (Å²) in [6, 6.07) is 0. The number of rotatable bonds is 6. The summed E-state index contributed by atoms with van der Waals surface area (Å²) < 4.78 is 2.18. The highest BCUT2D eigenvalue weighted by Gasteiger charge is 2.05. The van der Waals surface area contributed by atoms with E-state index in [2.05, 4.69) is 38.4 Å². The third-order valence-corrected chi connectivity index (χ3v) is 3.68. The van der Waals surface area contributed by atoms with Crippen molar-refractivity contribution in [3.8, 4) is 0 Å². The Kier molecular flexibility index (Phi) is 4.36. The summed E-state index contributed by atoms with van der Waals surface area (Å²) >= 11 is 1.73. The fourth-order valence-electron chi connectivity index (χ4n) is 1.90. The maximum absolute atomic E-state index is 4.50. The van der Waals surface area contributed by atoms with E-state index in [0.29, 0.717) is 0 Å². The summed E-state index contributed by atoms with van der Waals surface area (Å²) in [6.45, 7) is 8.14. The van der Waals surface area contributed by atoms with E-state index in [1.807, 2.05) is 13.8 Å². The fraction of sp³-hybridized carbons (Fsp3) is 0.538. The number of aromatic nitrogens is 3. The minimum atomic E-state index is 0.882.